The van der Waals surface area contributed by atoms with Gasteiger partial charge in [-0.25, -0.2) is 4.98 Å². The number of rotatable bonds is 3. The third-order valence-electron chi connectivity index (χ3n) is 6.93. The molecule has 0 atom stereocenters. The molecule has 0 bridgehead atoms. The van der Waals surface area contributed by atoms with E-state index in [4.69, 9.17) is 9.72 Å². The van der Waals surface area contributed by atoms with Crippen LogP contribution < -0.4 is 10.2 Å². The van der Waals surface area contributed by atoms with Gasteiger partial charge in [0.15, 0.2) is 0 Å². The molecule has 1 aromatic carbocycles. The Bertz CT molecular complexity index is 904. The summed E-state index contributed by atoms with van der Waals surface area (Å²) in [7, 11) is 0. The molecule has 1 saturated carbocycles. The van der Waals surface area contributed by atoms with Gasteiger partial charge in [-0.15, -0.1) is 0 Å². The van der Waals surface area contributed by atoms with Crippen LogP contribution in [0.4, 0.5) is 11.5 Å². The number of hydrogen-bond donors (Lipinski definition) is 1. The molecule has 5 heteroatoms. The molecule has 4 rings (SSSR count). The average molecular weight is 410 g/mol. The molecule has 1 aliphatic heterocycles. The molecule has 2 aliphatic rings. The largest absolute Gasteiger partial charge is 0.378 e. The quantitative estimate of drug-likeness (QED) is 0.760. The van der Waals surface area contributed by atoms with E-state index in [9.17, 15) is 4.79 Å². The number of ether oxygens (including phenoxy) is 1. The van der Waals surface area contributed by atoms with Gasteiger partial charge in [-0.1, -0.05) is 20.8 Å². The first-order valence-electron chi connectivity index (χ1n) is 11.4. The van der Waals surface area contributed by atoms with Crippen LogP contribution in [-0.4, -0.2) is 37.2 Å². The van der Waals surface area contributed by atoms with Gasteiger partial charge in [-0.05, 0) is 73.8 Å². The molecule has 2 aromatic rings. The van der Waals surface area contributed by atoms with E-state index in [-0.39, 0.29) is 11.8 Å². The van der Waals surface area contributed by atoms with Crippen molar-refractivity contribution in [2.45, 2.75) is 53.4 Å². The van der Waals surface area contributed by atoms with Crippen LogP contribution in [0.1, 0.15) is 52.0 Å². The average Bonchev–Trinajstić information content (AvgIpc) is 2.74. The number of hydrogen-bond acceptors (Lipinski definition) is 4. The summed E-state index contributed by atoms with van der Waals surface area (Å²) in [5.41, 5.74) is 3.36. The first kappa shape index (κ1) is 21.1. The van der Waals surface area contributed by atoms with Crippen LogP contribution in [0.25, 0.3) is 10.9 Å². The van der Waals surface area contributed by atoms with E-state index in [1.807, 2.05) is 12.1 Å². The SMILES string of the molecule is Cc1cc(N2CCOCC2)nc2ccc(NC(=O)C3CCC(C(C)(C)C)CC3)cc12. The van der Waals surface area contributed by atoms with E-state index in [0.29, 0.717) is 5.41 Å². The number of nitrogens with one attached hydrogen (secondary N) is 1. The number of carbonyl (C=O) groups is 1. The standard InChI is InChI=1S/C25H35N3O2/c1-17-15-23(28-11-13-30-14-12-28)27-22-10-9-20(16-21(17)22)26-24(29)18-5-7-19(8-6-18)25(2,3)4/h9-10,15-16,18-19H,5-8,11-14H2,1-4H3,(H,26,29). The molecular weight excluding hydrogens is 374 g/mol. The van der Waals surface area contributed by atoms with Crippen LogP contribution in [0.2, 0.25) is 0 Å². The third kappa shape index (κ3) is 4.61. The minimum atomic E-state index is 0.127. The summed E-state index contributed by atoms with van der Waals surface area (Å²) in [5.74, 6) is 2.02. The molecule has 5 nitrogen and oxygen atoms in total. The number of nitrogens with zero attached hydrogens (tertiary/aromatic N) is 2. The van der Waals surface area contributed by atoms with Gasteiger partial charge in [0.2, 0.25) is 5.91 Å². The first-order chi connectivity index (χ1) is 14.3. The Morgan fingerprint density at radius 3 is 2.47 bits per heavy atom. The first-order valence-corrected chi connectivity index (χ1v) is 11.4. The van der Waals surface area contributed by atoms with E-state index in [1.165, 1.54) is 5.56 Å². The van der Waals surface area contributed by atoms with Crippen molar-refractivity contribution >= 4 is 28.3 Å². The fraction of sp³-hybridized carbons (Fsp3) is 0.600. The highest BCUT2D eigenvalue weighted by atomic mass is 16.5. The number of morpholine rings is 1. The Hall–Kier alpha value is -2.14. The Kier molecular flexibility index (Phi) is 6.01. The van der Waals surface area contributed by atoms with Gasteiger partial charge >= 0.3 is 0 Å². The van der Waals surface area contributed by atoms with Gasteiger partial charge < -0.3 is 15.0 Å². The minimum Gasteiger partial charge on any atom is -0.378 e. The van der Waals surface area contributed by atoms with Gasteiger partial charge in [0.1, 0.15) is 5.82 Å². The number of anilines is 2. The van der Waals surface area contributed by atoms with Gasteiger partial charge in [-0.2, -0.15) is 0 Å². The zero-order valence-corrected chi connectivity index (χ0v) is 18.8. The van der Waals surface area contributed by atoms with E-state index in [2.05, 4.69) is 50.0 Å². The van der Waals surface area contributed by atoms with Gasteiger partial charge in [0.05, 0.1) is 18.7 Å². The highest BCUT2D eigenvalue weighted by Gasteiger charge is 2.32. The number of aromatic nitrogens is 1. The summed E-state index contributed by atoms with van der Waals surface area (Å²) in [6.45, 7) is 12.3. The maximum Gasteiger partial charge on any atom is 0.227 e. The Balaban J connectivity index is 1.45. The number of carbonyl (C=O) groups excluding carboxylic acids is 1. The van der Waals surface area contributed by atoms with Crippen molar-refractivity contribution in [3.05, 3.63) is 29.8 Å². The highest BCUT2D eigenvalue weighted by molar-refractivity contribution is 5.96. The number of fused-ring (bicyclic) bond motifs is 1. The molecule has 162 valence electrons. The van der Waals surface area contributed by atoms with Gasteiger partial charge in [0, 0.05) is 30.1 Å². The Morgan fingerprint density at radius 1 is 1.10 bits per heavy atom. The maximum absolute atomic E-state index is 12.9. The van der Waals surface area contributed by atoms with Gasteiger partial charge in [-0.3, -0.25) is 4.79 Å². The number of amides is 1. The molecule has 2 heterocycles. The van der Waals surface area contributed by atoms with E-state index in [0.717, 1.165) is 80.3 Å². The third-order valence-corrected chi connectivity index (χ3v) is 6.93. The molecule has 0 unspecified atom stereocenters. The van der Waals surface area contributed by atoms with Crippen LogP contribution in [0.3, 0.4) is 0 Å². The molecule has 2 fully saturated rings. The zero-order chi connectivity index (χ0) is 21.3. The zero-order valence-electron chi connectivity index (χ0n) is 18.8. The molecule has 1 aromatic heterocycles. The van der Waals surface area contributed by atoms with Crippen molar-refractivity contribution in [2.75, 3.05) is 36.5 Å². The van der Waals surface area contributed by atoms with E-state index in [1.54, 1.807) is 0 Å². The van der Waals surface area contributed by atoms with Crippen molar-refractivity contribution < 1.29 is 9.53 Å². The fourth-order valence-corrected chi connectivity index (χ4v) is 4.87. The Morgan fingerprint density at radius 2 is 1.80 bits per heavy atom. The second-order valence-corrected chi connectivity index (χ2v) is 10.0. The minimum absolute atomic E-state index is 0.127. The van der Waals surface area contributed by atoms with Crippen molar-refractivity contribution in [2.24, 2.45) is 17.3 Å². The maximum atomic E-state index is 12.9. The highest BCUT2D eigenvalue weighted by Crippen LogP contribution is 2.40. The van der Waals surface area contributed by atoms with Gasteiger partial charge in [0.25, 0.3) is 0 Å². The summed E-state index contributed by atoms with van der Waals surface area (Å²) in [4.78, 5) is 20.0. The molecular formula is C25H35N3O2. The number of benzene rings is 1. The van der Waals surface area contributed by atoms with Crippen molar-refractivity contribution in [3.8, 4) is 0 Å². The summed E-state index contributed by atoms with van der Waals surface area (Å²) >= 11 is 0. The van der Waals surface area contributed by atoms with Crippen LogP contribution in [0.5, 0.6) is 0 Å². The van der Waals surface area contributed by atoms with E-state index >= 15 is 0 Å². The summed E-state index contributed by atoms with van der Waals surface area (Å²) in [6, 6.07) is 8.22. The molecule has 1 saturated heterocycles. The molecule has 0 radical (unpaired) electrons. The van der Waals surface area contributed by atoms with E-state index < -0.39 is 0 Å². The second kappa shape index (κ2) is 8.54. The second-order valence-electron chi connectivity index (χ2n) is 10.0. The normalized spacial score (nSPS) is 22.9. The summed E-state index contributed by atoms with van der Waals surface area (Å²) < 4.78 is 5.45. The van der Waals surface area contributed by atoms with Crippen LogP contribution in [0.15, 0.2) is 24.3 Å². The molecule has 1 N–H and O–H groups in total. The number of pyridine rings is 1. The molecule has 0 spiro atoms. The lowest BCUT2D eigenvalue weighted by Gasteiger charge is -2.36. The van der Waals surface area contributed by atoms with Crippen molar-refractivity contribution in [3.63, 3.8) is 0 Å². The fourth-order valence-electron chi connectivity index (χ4n) is 4.87. The predicted octanol–water partition coefficient (Wildman–Crippen LogP) is 5.17. The predicted molar refractivity (Wildman–Crippen MR) is 123 cm³/mol. The topological polar surface area (TPSA) is 54.5 Å². The molecule has 30 heavy (non-hydrogen) atoms. The van der Waals surface area contributed by atoms with Crippen LogP contribution in [0, 0.1) is 24.2 Å². The van der Waals surface area contributed by atoms with Crippen molar-refractivity contribution in [1.29, 1.82) is 0 Å². The number of aryl methyl sites for hydroxylation is 1. The monoisotopic (exact) mass is 409 g/mol. The lowest BCUT2D eigenvalue weighted by Crippen LogP contribution is -2.36. The summed E-state index contributed by atoms with van der Waals surface area (Å²) in [5, 5.41) is 4.27. The summed E-state index contributed by atoms with van der Waals surface area (Å²) in [6.07, 6.45) is 4.27. The lowest BCUT2D eigenvalue weighted by molar-refractivity contribution is -0.121. The van der Waals surface area contributed by atoms with Crippen LogP contribution in [-0.2, 0) is 9.53 Å². The molecule has 1 aliphatic carbocycles. The smallest absolute Gasteiger partial charge is 0.227 e. The van der Waals surface area contributed by atoms with Crippen molar-refractivity contribution in [1.82, 2.24) is 4.98 Å². The molecule has 1 amide bonds. The van der Waals surface area contributed by atoms with Crippen LogP contribution >= 0.6 is 0 Å². The Labute approximate surface area is 180 Å². The lowest BCUT2D eigenvalue weighted by atomic mass is 9.69.